The SMILES string of the molecule is O=C1C(O)=Cc2cc3ccccc3cc2C1=Nc1ccccc1. The van der Waals surface area contributed by atoms with Crippen molar-refractivity contribution in [2.24, 2.45) is 4.99 Å². The third-order valence-electron chi connectivity index (χ3n) is 3.91. The van der Waals surface area contributed by atoms with Crippen LogP contribution in [0, 0.1) is 0 Å². The van der Waals surface area contributed by atoms with E-state index < -0.39 is 5.78 Å². The minimum Gasteiger partial charge on any atom is -0.504 e. The second-order valence-corrected chi connectivity index (χ2v) is 5.44. The normalized spacial score (nSPS) is 15.6. The average Bonchev–Trinajstić information content (AvgIpc) is 2.58. The van der Waals surface area contributed by atoms with Gasteiger partial charge in [-0.3, -0.25) is 4.79 Å². The molecule has 0 aromatic heterocycles. The predicted molar refractivity (Wildman–Crippen MR) is 92.2 cm³/mol. The molecule has 0 atom stereocenters. The summed E-state index contributed by atoms with van der Waals surface area (Å²) < 4.78 is 0. The Balaban J connectivity index is 1.98. The van der Waals surface area contributed by atoms with Gasteiger partial charge in [0.05, 0.1) is 5.69 Å². The molecule has 3 nitrogen and oxygen atoms in total. The van der Waals surface area contributed by atoms with Crippen LogP contribution in [0.3, 0.4) is 0 Å². The molecule has 0 unspecified atom stereocenters. The molecule has 4 rings (SSSR count). The molecular weight excluding hydrogens is 286 g/mol. The summed E-state index contributed by atoms with van der Waals surface area (Å²) in [5, 5.41) is 12.1. The molecule has 0 fully saturated rings. The van der Waals surface area contributed by atoms with E-state index >= 15 is 0 Å². The predicted octanol–water partition coefficient (Wildman–Crippen LogP) is 4.44. The Bertz CT molecular complexity index is 985. The Labute approximate surface area is 133 Å². The number of aliphatic hydroxyl groups is 1. The maximum atomic E-state index is 12.4. The molecule has 1 aliphatic rings. The van der Waals surface area contributed by atoms with Crippen molar-refractivity contribution >= 4 is 34.0 Å². The zero-order valence-corrected chi connectivity index (χ0v) is 12.2. The number of allylic oxidation sites excluding steroid dienone is 1. The largest absolute Gasteiger partial charge is 0.504 e. The van der Waals surface area contributed by atoms with E-state index in [0.717, 1.165) is 21.9 Å². The first kappa shape index (κ1) is 13.5. The molecule has 0 aliphatic heterocycles. The van der Waals surface area contributed by atoms with Crippen LogP contribution in [0.15, 0.2) is 77.5 Å². The Morgan fingerprint density at radius 2 is 1.48 bits per heavy atom. The highest BCUT2D eigenvalue weighted by Crippen LogP contribution is 2.28. The van der Waals surface area contributed by atoms with E-state index in [1.54, 1.807) is 0 Å². The molecule has 3 aromatic rings. The third-order valence-corrected chi connectivity index (χ3v) is 3.91. The molecule has 0 spiro atoms. The van der Waals surface area contributed by atoms with Crippen molar-refractivity contribution in [3.05, 3.63) is 83.6 Å². The lowest BCUT2D eigenvalue weighted by molar-refractivity contribution is -0.111. The van der Waals surface area contributed by atoms with E-state index in [-0.39, 0.29) is 11.5 Å². The van der Waals surface area contributed by atoms with Gasteiger partial charge >= 0.3 is 0 Å². The summed E-state index contributed by atoms with van der Waals surface area (Å²) in [7, 11) is 0. The number of carbonyl (C=O) groups excluding carboxylic acids is 1. The fourth-order valence-electron chi connectivity index (χ4n) is 2.78. The van der Waals surface area contributed by atoms with Gasteiger partial charge in [0.2, 0.25) is 5.78 Å². The standard InChI is InChI=1S/C20H13NO2/c22-18-12-15-10-13-6-4-5-7-14(13)11-17(15)19(20(18)23)21-16-8-2-1-3-9-16/h1-12,22H. The molecule has 0 bridgehead atoms. The number of benzene rings is 3. The summed E-state index contributed by atoms with van der Waals surface area (Å²) in [6.45, 7) is 0. The van der Waals surface area contributed by atoms with Gasteiger partial charge in [0.25, 0.3) is 0 Å². The minimum absolute atomic E-state index is 0.275. The van der Waals surface area contributed by atoms with Gasteiger partial charge in [-0.1, -0.05) is 42.5 Å². The van der Waals surface area contributed by atoms with Gasteiger partial charge in [0.15, 0.2) is 5.76 Å². The lowest BCUT2D eigenvalue weighted by atomic mass is 9.90. The average molecular weight is 299 g/mol. The lowest BCUT2D eigenvalue weighted by Gasteiger charge is -2.16. The van der Waals surface area contributed by atoms with Gasteiger partial charge in [0, 0.05) is 5.56 Å². The van der Waals surface area contributed by atoms with Crippen LogP contribution < -0.4 is 0 Å². The zero-order valence-electron chi connectivity index (χ0n) is 12.2. The van der Waals surface area contributed by atoms with Gasteiger partial charge < -0.3 is 5.11 Å². The van der Waals surface area contributed by atoms with E-state index in [9.17, 15) is 9.90 Å². The molecule has 0 saturated carbocycles. The fourth-order valence-corrected chi connectivity index (χ4v) is 2.78. The van der Waals surface area contributed by atoms with Gasteiger partial charge in [-0.05, 0) is 46.7 Å². The van der Waals surface area contributed by atoms with E-state index in [2.05, 4.69) is 4.99 Å². The van der Waals surface area contributed by atoms with Gasteiger partial charge in [-0.2, -0.15) is 0 Å². The molecule has 3 aromatic carbocycles. The van der Waals surface area contributed by atoms with Gasteiger partial charge in [-0.25, -0.2) is 4.99 Å². The minimum atomic E-state index is -0.448. The molecule has 3 heteroatoms. The summed E-state index contributed by atoms with van der Waals surface area (Å²) in [6, 6.07) is 21.1. The zero-order chi connectivity index (χ0) is 15.8. The molecule has 0 amide bonds. The van der Waals surface area contributed by atoms with Crippen LogP contribution in [0.2, 0.25) is 0 Å². The van der Waals surface area contributed by atoms with Crippen LogP contribution >= 0.6 is 0 Å². The Kier molecular flexibility index (Phi) is 3.05. The molecule has 1 aliphatic carbocycles. The molecule has 0 radical (unpaired) electrons. The monoisotopic (exact) mass is 299 g/mol. The molecule has 0 heterocycles. The second kappa shape index (κ2) is 5.21. The van der Waals surface area contributed by atoms with Crippen molar-refractivity contribution in [2.75, 3.05) is 0 Å². The first-order chi connectivity index (χ1) is 11.2. The number of fused-ring (bicyclic) bond motifs is 2. The molecule has 0 saturated heterocycles. The summed E-state index contributed by atoms with van der Waals surface area (Å²) in [5.74, 6) is -0.723. The molecule has 23 heavy (non-hydrogen) atoms. The summed E-state index contributed by atoms with van der Waals surface area (Å²) in [5.41, 5.74) is 2.51. The lowest BCUT2D eigenvalue weighted by Crippen LogP contribution is -2.22. The Morgan fingerprint density at radius 1 is 0.826 bits per heavy atom. The number of aliphatic hydroxyl groups excluding tert-OH is 1. The van der Waals surface area contributed by atoms with E-state index in [1.807, 2.05) is 66.7 Å². The number of nitrogens with zero attached hydrogens (tertiary/aromatic N) is 1. The number of carbonyl (C=O) groups is 1. The van der Waals surface area contributed by atoms with Crippen molar-refractivity contribution in [1.29, 1.82) is 0 Å². The number of hydrogen-bond donors (Lipinski definition) is 1. The fraction of sp³-hybridized carbons (Fsp3) is 0. The maximum absolute atomic E-state index is 12.4. The van der Waals surface area contributed by atoms with Crippen molar-refractivity contribution in [1.82, 2.24) is 0 Å². The quantitative estimate of drug-likeness (QED) is 0.722. The van der Waals surface area contributed by atoms with Crippen molar-refractivity contribution in [3.8, 4) is 0 Å². The maximum Gasteiger partial charge on any atom is 0.246 e. The van der Waals surface area contributed by atoms with Gasteiger partial charge in [0.1, 0.15) is 5.71 Å². The van der Waals surface area contributed by atoms with E-state index in [1.165, 1.54) is 6.08 Å². The van der Waals surface area contributed by atoms with Crippen molar-refractivity contribution in [2.45, 2.75) is 0 Å². The number of Topliss-reactive ketones (excluding diaryl/α,β-unsaturated/α-hetero) is 1. The van der Waals surface area contributed by atoms with Crippen LogP contribution in [0.1, 0.15) is 11.1 Å². The van der Waals surface area contributed by atoms with E-state index in [0.29, 0.717) is 5.69 Å². The highest BCUT2D eigenvalue weighted by atomic mass is 16.3. The number of para-hydroxylation sites is 1. The topological polar surface area (TPSA) is 49.7 Å². The number of ketones is 1. The number of hydrogen-bond acceptors (Lipinski definition) is 3. The Morgan fingerprint density at radius 3 is 2.22 bits per heavy atom. The molecule has 1 N–H and O–H groups in total. The summed E-state index contributed by atoms with van der Waals surface area (Å²) >= 11 is 0. The molecule has 110 valence electrons. The summed E-state index contributed by atoms with van der Waals surface area (Å²) in [6.07, 6.45) is 1.51. The number of rotatable bonds is 1. The summed E-state index contributed by atoms with van der Waals surface area (Å²) in [4.78, 5) is 16.8. The number of aliphatic imine (C=N–C) groups is 1. The highest BCUT2D eigenvalue weighted by Gasteiger charge is 2.26. The Hall–Kier alpha value is -3.20. The second-order valence-electron chi connectivity index (χ2n) is 5.44. The third kappa shape index (κ3) is 2.32. The van der Waals surface area contributed by atoms with Crippen LogP contribution in [0.25, 0.3) is 16.8 Å². The van der Waals surface area contributed by atoms with Crippen LogP contribution in [-0.4, -0.2) is 16.6 Å². The van der Waals surface area contributed by atoms with Crippen LogP contribution in [-0.2, 0) is 4.79 Å². The van der Waals surface area contributed by atoms with Crippen molar-refractivity contribution < 1.29 is 9.90 Å². The first-order valence-electron chi connectivity index (χ1n) is 7.35. The van der Waals surface area contributed by atoms with E-state index in [4.69, 9.17) is 0 Å². The smallest absolute Gasteiger partial charge is 0.246 e. The first-order valence-corrected chi connectivity index (χ1v) is 7.35. The van der Waals surface area contributed by atoms with Crippen molar-refractivity contribution in [3.63, 3.8) is 0 Å². The van der Waals surface area contributed by atoms with Crippen LogP contribution in [0.4, 0.5) is 5.69 Å². The highest BCUT2D eigenvalue weighted by molar-refractivity contribution is 6.53. The van der Waals surface area contributed by atoms with Crippen LogP contribution in [0.5, 0.6) is 0 Å². The van der Waals surface area contributed by atoms with Gasteiger partial charge in [-0.15, -0.1) is 0 Å². The molecular formula is C20H13NO2.